The Bertz CT molecular complexity index is 403. The summed E-state index contributed by atoms with van der Waals surface area (Å²) in [6, 6.07) is 5.95. The first-order valence-corrected chi connectivity index (χ1v) is 5.54. The number of carbonyl (C=O) groups is 1. The predicted molar refractivity (Wildman–Crippen MR) is 65.4 cm³/mol. The van der Waals surface area contributed by atoms with Gasteiger partial charge in [0, 0.05) is 24.5 Å². The number of hydrogen-bond donors (Lipinski definition) is 2. The van der Waals surface area contributed by atoms with E-state index in [4.69, 9.17) is 5.73 Å². The summed E-state index contributed by atoms with van der Waals surface area (Å²) in [5.41, 5.74) is 8.75. The molecule has 1 aromatic rings. The third kappa shape index (κ3) is 2.27. The zero-order valence-electron chi connectivity index (χ0n) is 9.49. The van der Waals surface area contributed by atoms with Crippen molar-refractivity contribution < 1.29 is 4.79 Å². The molecule has 1 heterocycles. The van der Waals surface area contributed by atoms with Gasteiger partial charge in [-0.15, -0.1) is 0 Å². The van der Waals surface area contributed by atoms with Gasteiger partial charge in [-0.05, 0) is 31.0 Å². The highest BCUT2D eigenvalue weighted by Gasteiger charge is 2.15. The maximum atomic E-state index is 11.4. The number of nitrogens with one attached hydrogen (secondary N) is 1. The fraction of sp³-hybridized carbons (Fsp3) is 0.417. The lowest BCUT2D eigenvalue weighted by atomic mass is 10.1. The lowest BCUT2D eigenvalue weighted by molar-refractivity contribution is -0.119. The zero-order valence-corrected chi connectivity index (χ0v) is 9.49. The van der Waals surface area contributed by atoms with Crippen LogP contribution < -0.4 is 16.0 Å². The van der Waals surface area contributed by atoms with Crippen LogP contribution in [0.5, 0.6) is 0 Å². The number of benzene rings is 1. The zero-order chi connectivity index (χ0) is 11.5. The molecule has 0 spiro atoms. The van der Waals surface area contributed by atoms with Crippen molar-refractivity contribution in [2.75, 3.05) is 30.3 Å². The summed E-state index contributed by atoms with van der Waals surface area (Å²) in [6.07, 6.45) is 0.972. The first-order chi connectivity index (χ1) is 7.66. The van der Waals surface area contributed by atoms with Crippen molar-refractivity contribution >= 4 is 17.3 Å². The number of nitrogen functional groups attached to an aromatic ring is 1. The van der Waals surface area contributed by atoms with E-state index in [9.17, 15) is 4.79 Å². The van der Waals surface area contributed by atoms with Gasteiger partial charge in [-0.2, -0.15) is 0 Å². The van der Waals surface area contributed by atoms with E-state index in [0.29, 0.717) is 6.54 Å². The van der Waals surface area contributed by atoms with Crippen LogP contribution in [-0.2, 0) is 4.79 Å². The van der Waals surface area contributed by atoms with Gasteiger partial charge in [0.2, 0.25) is 5.91 Å². The molecule has 0 atom stereocenters. The fourth-order valence-corrected chi connectivity index (χ4v) is 1.85. The Hall–Kier alpha value is -1.71. The molecule has 0 aliphatic carbocycles. The molecule has 0 aromatic heterocycles. The Morgan fingerprint density at radius 1 is 1.44 bits per heavy atom. The van der Waals surface area contributed by atoms with Crippen LogP contribution in [0.4, 0.5) is 11.4 Å². The van der Waals surface area contributed by atoms with Crippen LogP contribution in [0.15, 0.2) is 18.2 Å². The van der Waals surface area contributed by atoms with Crippen molar-refractivity contribution in [2.45, 2.75) is 13.3 Å². The molecule has 1 saturated heterocycles. The summed E-state index contributed by atoms with van der Waals surface area (Å²) in [4.78, 5) is 13.5. The maximum absolute atomic E-state index is 11.4. The van der Waals surface area contributed by atoms with Gasteiger partial charge in [0.25, 0.3) is 0 Å². The third-order valence-electron chi connectivity index (χ3n) is 2.89. The number of amides is 1. The molecular formula is C12H17N3O. The quantitative estimate of drug-likeness (QED) is 0.690. The lowest BCUT2D eigenvalue weighted by Crippen LogP contribution is -2.33. The van der Waals surface area contributed by atoms with Crippen molar-refractivity contribution in [3.8, 4) is 0 Å². The average Bonchev–Trinajstić information content (AvgIpc) is 2.47. The third-order valence-corrected chi connectivity index (χ3v) is 2.89. The topological polar surface area (TPSA) is 58.4 Å². The van der Waals surface area contributed by atoms with E-state index in [1.165, 1.54) is 0 Å². The van der Waals surface area contributed by atoms with E-state index in [-0.39, 0.29) is 5.91 Å². The summed E-state index contributed by atoms with van der Waals surface area (Å²) in [6.45, 7) is 4.05. The van der Waals surface area contributed by atoms with Gasteiger partial charge in [-0.3, -0.25) is 4.79 Å². The van der Waals surface area contributed by atoms with E-state index in [1.807, 2.05) is 25.1 Å². The number of aryl methyl sites for hydroxylation is 1. The minimum Gasteiger partial charge on any atom is -0.398 e. The number of carbonyl (C=O) groups excluding carboxylic acids is 1. The summed E-state index contributed by atoms with van der Waals surface area (Å²) in [5.74, 6) is 0.0802. The van der Waals surface area contributed by atoms with Crippen LogP contribution in [0.1, 0.15) is 12.0 Å². The number of hydrogen-bond acceptors (Lipinski definition) is 3. The highest BCUT2D eigenvalue weighted by atomic mass is 16.2. The Kier molecular flexibility index (Phi) is 2.99. The van der Waals surface area contributed by atoms with Crippen LogP contribution in [0, 0.1) is 6.92 Å². The SMILES string of the molecule is Cc1ccc(N2CCCNC(=O)C2)cc1N. The monoisotopic (exact) mass is 219 g/mol. The predicted octanol–water partition coefficient (Wildman–Crippen LogP) is 0.904. The van der Waals surface area contributed by atoms with Crippen LogP contribution >= 0.6 is 0 Å². The molecular weight excluding hydrogens is 202 g/mol. The van der Waals surface area contributed by atoms with Crippen molar-refractivity contribution in [1.82, 2.24) is 5.32 Å². The molecule has 0 radical (unpaired) electrons. The van der Waals surface area contributed by atoms with Gasteiger partial charge in [0.1, 0.15) is 0 Å². The molecule has 1 fully saturated rings. The van der Waals surface area contributed by atoms with Crippen molar-refractivity contribution in [2.24, 2.45) is 0 Å². The number of rotatable bonds is 1. The molecule has 1 aliphatic rings. The van der Waals surface area contributed by atoms with E-state index >= 15 is 0 Å². The first-order valence-electron chi connectivity index (χ1n) is 5.54. The van der Waals surface area contributed by atoms with Crippen molar-refractivity contribution in [3.63, 3.8) is 0 Å². The number of anilines is 2. The molecule has 3 N–H and O–H groups in total. The Balaban J connectivity index is 2.21. The van der Waals surface area contributed by atoms with Crippen molar-refractivity contribution in [1.29, 1.82) is 0 Å². The van der Waals surface area contributed by atoms with Crippen molar-refractivity contribution in [3.05, 3.63) is 23.8 Å². The maximum Gasteiger partial charge on any atom is 0.239 e. The second-order valence-electron chi connectivity index (χ2n) is 4.17. The molecule has 1 aromatic carbocycles. The highest BCUT2D eigenvalue weighted by molar-refractivity contribution is 5.82. The molecule has 0 unspecified atom stereocenters. The fourth-order valence-electron chi connectivity index (χ4n) is 1.85. The molecule has 2 rings (SSSR count). The van der Waals surface area contributed by atoms with E-state index in [0.717, 1.165) is 36.4 Å². The number of nitrogens with two attached hydrogens (primary N) is 1. The van der Waals surface area contributed by atoms with Crippen LogP contribution in [0.3, 0.4) is 0 Å². The largest absolute Gasteiger partial charge is 0.398 e. The lowest BCUT2D eigenvalue weighted by Gasteiger charge is -2.22. The van der Waals surface area contributed by atoms with Gasteiger partial charge in [0.05, 0.1) is 6.54 Å². The summed E-state index contributed by atoms with van der Waals surface area (Å²) in [5, 5.41) is 2.86. The Morgan fingerprint density at radius 2 is 2.25 bits per heavy atom. The van der Waals surface area contributed by atoms with Crippen LogP contribution in [0.25, 0.3) is 0 Å². The average molecular weight is 219 g/mol. The summed E-state index contributed by atoms with van der Waals surface area (Å²) >= 11 is 0. The smallest absolute Gasteiger partial charge is 0.239 e. The molecule has 16 heavy (non-hydrogen) atoms. The van der Waals surface area contributed by atoms with Gasteiger partial charge < -0.3 is 16.0 Å². The molecule has 4 nitrogen and oxygen atoms in total. The second kappa shape index (κ2) is 4.43. The van der Waals surface area contributed by atoms with E-state index < -0.39 is 0 Å². The molecule has 4 heteroatoms. The summed E-state index contributed by atoms with van der Waals surface area (Å²) in [7, 11) is 0. The minimum absolute atomic E-state index is 0.0802. The van der Waals surface area contributed by atoms with Gasteiger partial charge in [-0.25, -0.2) is 0 Å². The normalized spacial score (nSPS) is 16.8. The molecule has 1 aliphatic heterocycles. The molecule has 0 saturated carbocycles. The van der Waals surface area contributed by atoms with Gasteiger partial charge in [-0.1, -0.05) is 6.07 Å². The van der Waals surface area contributed by atoms with Crippen LogP contribution in [-0.4, -0.2) is 25.5 Å². The molecule has 1 amide bonds. The minimum atomic E-state index is 0.0802. The first kappa shape index (κ1) is 10.8. The second-order valence-corrected chi connectivity index (χ2v) is 4.17. The Morgan fingerprint density at radius 3 is 3.00 bits per heavy atom. The molecule has 86 valence electrons. The van der Waals surface area contributed by atoms with E-state index in [2.05, 4.69) is 10.2 Å². The number of nitrogens with zero attached hydrogens (tertiary/aromatic N) is 1. The van der Waals surface area contributed by atoms with Gasteiger partial charge in [0.15, 0.2) is 0 Å². The van der Waals surface area contributed by atoms with Crippen LogP contribution in [0.2, 0.25) is 0 Å². The molecule has 0 bridgehead atoms. The van der Waals surface area contributed by atoms with E-state index in [1.54, 1.807) is 0 Å². The summed E-state index contributed by atoms with van der Waals surface area (Å²) < 4.78 is 0. The highest BCUT2D eigenvalue weighted by Crippen LogP contribution is 2.21. The standard InChI is InChI=1S/C12H17N3O/c1-9-3-4-10(7-11(9)13)15-6-2-5-14-12(16)8-15/h3-4,7H,2,5-6,8,13H2,1H3,(H,14,16). The Labute approximate surface area is 95.4 Å². The van der Waals surface area contributed by atoms with Gasteiger partial charge >= 0.3 is 0 Å².